The van der Waals surface area contributed by atoms with Crippen molar-refractivity contribution in [2.24, 2.45) is 0 Å². The van der Waals surface area contributed by atoms with Gasteiger partial charge in [-0.3, -0.25) is 0 Å². The molecule has 0 radical (unpaired) electrons. The summed E-state index contributed by atoms with van der Waals surface area (Å²) in [6.07, 6.45) is 2.21. The molecule has 124 valence electrons. The predicted molar refractivity (Wildman–Crippen MR) is 90.1 cm³/mol. The monoisotopic (exact) mass is 344 g/mol. The molecule has 1 saturated heterocycles. The van der Waals surface area contributed by atoms with Crippen LogP contribution in [0.2, 0.25) is 0 Å². The van der Waals surface area contributed by atoms with Crippen LogP contribution in [0.5, 0.6) is 0 Å². The van der Waals surface area contributed by atoms with Gasteiger partial charge < -0.3 is 15.7 Å². The Morgan fingerprint density at radius 3 is 2.88 bits per heavy atom. The Kier molecular flexibility index (Phi) is 3.57. The maximum Gasteiger partial charge on any atom is 0.407 e. The van der Waals surface area contributed by atoms with Crippen LogP contribution in [-0.2, 0) is 0 Å². The first-order valence-electron chi connectivity index (χ1n) is 7.65. The van der Waals surface area contributed by atoms with E-state index >= 15 is 0 Å². The normalized spacial score (nSPS) is 15.9. The molecule has 3 aromatic rings. The molecule has 0 bridgehead atoms. The SMILES string of the molecule is Nc1ncnn2c(-c3csc(C4CCN(C(=O)O)CC4)n3)ccc12. The van der Waals surface area contributed by atoms with Crippen LogP contribution in [0, 0.1) is 0 Å². The summed E-state index contributed by atoms with van der Waals surface area (Å²) in [4.78, 5) is 21.2. The smallest absolute Gasteiger partial charge is 0.407 e. The van der Waals surface area contributed by atoms with Crippen LogP contribution >= 0.6 is 11.3 Å². The number of aromatic nitrogens is 4. The molecule has 0 saturated carbocycles. The van der Waals surface area contributed by atoms with Crippen molar-refractivity contribution in [1.82, 2.24) is 24.5 Å². The van der Waals surface area contributed by atoms with Crippen molar-refractivity contribution >= 4 is 28.8 Å². The lowest BCUT2D eigenvalue weighted by Crippen LogP contribution is -2.36. The van der Waals surface area contributed by atoms with Gasteiger partial charge in [-0.05, 0) is 25.0 Å². The fourth-order valence-corrected chi connectivity index (χ4v) is 4.04. The third kappa shape index (κ3) is 2.46. The van der Waals surface area contributed by atoms with Crippen LogP contribution in [-0.4, -0.2) is 48.8 Å². The zero-order valence-electron chi connectivity index (χ0n) is 12.8. The van der Waals surface area contributed by atoms with E-state index in [9.17, 15) is 4.79 Å². The summed E-state index contributed by atoms with van der Waals surface area (Å²) in [5.74, 6) is 0.748. The summed E-state index contributed by atoms with van der Waals surface area (Å²) in [7, 11) is 0. The number of hydrogen-bond donors (Lipinski definition) is 2. The molecule has 0 spiro atoms. The van der Waals surface area contributed by atoms with Crippen LogP contribution in [0.25, 0.3) is 16.9 Å². The summed E-state index contributed by atoms with van der Waals surface area (Å²) in [5.41, 5.74) is 8.36. The van der Waals surface area contributed by atoms with Crippen molar-refractivity contribution in [2.75, 3.05) is 18.8 Å². The van der Waals surface area contributed by atoms with Gasteiger partial charge in [0.15, 0.2) is 5.82 Å². The second-order valence-corrected chi connectivity index (χ2v) is 6.67. The van der Waals surface area contributed by atoms with E-state index in [0.717, 1.165) is 34.8 Å². The van der Waals surface area contributed by atoms with Crippen molar-refractivity contribution < 1.29 is 9.90 Å². The number of piperidine rings is 1. The minimum absolute atomic E-state index is 0.310. The van der Waals surface area contributed by atoms with E-state index in [1.807, 2.05) is 17.5 Å². The number of likely N-dealkylation sites (tertiary alicyclic amines) is 1. The Hall–Kier alpha value is -2.68. The maximum atomic E-state index is 11.0. The Morgan fingerprint density at radius 1 is 1.33 bits per heavy atom. The number of nitrogens with zero attached hydrogens (tertiary/aromatic N) is 5. The zero-order valence-corrected chi connectivity index (χ0v) is 13.6. The van der Waals surface area contributed by atoms with Gasteiger partial charge in [0.05, 0.1) is 16.4 Å². The van der Waals surface area contributed by atoms with Gasteiger partial charge in [-0.25, -0.2) is 19.3 Å². The first kappa shape index (κ1) is 14.9. The van der Waals surface area contributed by atoms with Crippen LogP contribution in [0.4, 0.5) is 10.6 Å². The Morgan fingerprint density at radius 2 is 2.12 bits per heavy atom. The Labute approximate surface area is 141 Å². The van der Waals surface area contributed by atoms with E-state index in [4.69, 9.17) is 15.8 Å². The molecule has 0 aromatic carbocycles. The van der Waals surface area contributed by atoms with Crippen LogP contribution < -0.4 is 5.73 Å². The molecule has 0 unspecified atom stereocenters. The number of anilines is 1. The molecule has 3 aromatic heterocycles. The highest BCUT2D eigenvalue weighted by atomic mass is 32.1. The van der Waals surface area contributed by atoms with E-state index in [2.05, 4.69) is 10.1 Å². The lowest BCUT2D eigenvalue weighted by atomic mass is 9.98. The first-order chi connectivity index (χ1) is 11.6. The molecule has 1 aliphatic rings. The van der Waals surface area contributed by atoms with E-state index in [-0.39, 0.29) is 0 Å². The van der Waals surface area contributed by atoms with Crippen molar-refractivity contribution in [1.29, 1.82) is 0 Å². The minimum atomic E-state index is -0.842. The third-order valence-electron chi connectivity index (χ3n) is 4.38. The Balaban J connectivity index is 1.59. The zero-order chi connectivity index (χ0) is 16.7. The summed E-state index contributed by atoms with van der Waals surface area (Å²) >= 11 is 1.61. The molecular formula is C15H16N6O2S. The number of thiazole rings is 1. The molecule has 0 atom stereocenters. The fourth-order valence-electron chi connectivity index (χ4n) is 3.06. The standard InChI is InChI=1S/C15H16N6O2S/c16-13-12-2-1-11(21(12)18-8-17-13)10-7-24-14(19-10)9-3-5-20(6-4-9)15(22)23/h1-2,7-9H,3-6H2,(H,22,23)(H2,16,17,18). The van der Waals surface area contributed by atoms with Gasteiger partial charge in [0.2, 0.25) is 0 Å². The number of amides is 1. The molecule has 9 heteroatoms. The van der Waals surface area contributed by atoms with Gasteiger partial charge >= 0.3 is 6.09 Å². The predicted octanol–water partition coefficient (Wildman–Crippen LogP) is 2.29. The van der Waals surface area contributed by atoms with Crippen molar-refractivity contribution in [2.45, 2.75) is 18.8 Å². The molecular weight excluding hydrogens is 328 g/mol. The second kappa shape index (κ2) is 5.75. The molecule has 8 nitrogen and oxygen atoms in total. The van der Waals surface area contributed by atoms with E-state index in [1.54, 1.807) is 15.9 Å². The number of carboxylic acid groups (broad SMARTS) is 1. The van der Waals surface area contributed by atoms with Crippen molar-refractivity contribution in [3.8, 4) is 11.4 Å². The second-order valence-electron chi connectivity index (χ2n) is 5.78. The van der Waals surface area contributed by atoms with Crippen LogP contribution in [0.1, 0.15) is 23.8 Å². The molecule has 3 N–H and O–H groups in total. The van der Waals surface area contributed by atoms with Gasteiger partial charge in [-0.15, -0.1) is 11.3 Å². The van der Waals surface area contributed by atoms with E-state index < -0.39 is 6.09 Å². The number of hydrogen-bond acceptors (Lipinski definition) is 6. The number of fused-ring (bicyclic) bond motifs is 1. The molecule has 4 rings (SSSR count). The number of nitrogens with two attached hydrogens (primary N) is 1. The van der Waals surface area contributed by atoms with Gasteiger partial charge in [0, 0.05) is 24.4 Å². The minimum Gasteiger partial charge on any atom is -0.465 e. The van der Waals surface area contributed by atoms with Crippen LogP contribution in [0.3, 0.4) is 0 Å². The van der Waals surface area contributed by atoms with Gasteiger partial charge in [0.25, 0.3) is 0 Å². The van der Waals surface area contributed by atoms with Crippen LogP contribution in [0.15, 0.2) is 23.8 Å². The summed E-state index contributed by atoms with van der Waals surface area (Å²) in [6, 6.07) is 3.82. The molecule has 4 heterocycles. The highest BCUT2D eigenvalue weighted by Crippen LogP contribution is 2.33. The first-order valence-corrected chi connectivity index (χ1v) is 8.53. The number of carbonyl (C=O) groups is 1. The topological polar surface area (TPSA) is 110 Å². The quantitative estimate of drug-likeness (QED) is 0.738. The van der Waals surface area contributed by atoms with E-state index in [0.29, 0.717) is 24.8 Å². The average Bonchev–Trinajstić information content (AvgIpc) is 3.22. The highest BCUT2D eigenvalue weighted by molar-refractivity contribution is 7.10. The number of nitrogen functional groups attached to an aromatic ring is 1. The van der Waals surface area contributed by atoms with Gasteiger partial charge in [-0.1, -0.05) is 0 Å². The summed E-state index contributed by atoms with van der Waals surface area (Å²) in [6.45, 7) is 1.12. The van der Waals surface area contributed by atoms with Crippen molar-refractivity contribution in [3.63, 3.8) is 0 Å². The number of rotatable bonds is 2. The lowest BCUT2D eigenvalue weighted by Gasteiger charge is -2.28. The fraction of sp³-hybridized carbons (Fsp3) is 0.333. The third-order valence-corrected chi connectivity index (χ3v) is 5.39. The molecule has 1 amide bonds. The summed E-state index contributed by atoms with van der Waals surface area (Å²) in [5, 5.41) is 16.3. The van der Waals surface area contributed by atoms with E-state index in [1.165, 1.54) is 11.2 Å². The highest BCUT2D eigenvalue weighted by Gasteiger charge is 2.25. The van der Waals surface area contributed by atoms with Gasteiger partial charge in [-0.2, -0.15) is 5.10 Å². The van der Waals surface area contributed by atoms with Gasteiger partial charge in [0.1, 0.15) is 11.8 Å². The summed E-state index contributed by atoms with van der Waals surface area (Å²) < 4.78 is 1.74. The maximum absolute atomic E-state index is 11.0. The largest absolute Gasteiger partial charge is 0.465 e. The molecule has 24 heavy (non-hydrogen) atoms. The van der Waals surface area contributed by atoms with Crippen molar-refractivity contribution in [3.05, 3.63) is 28.8 Å². The molecule has 1 aliphatic heterocycles. The lowest BCUT2D eigenvalue weighted by molar-refractivity contribution is 0.132. The average molecular weight is 344 g/mol. The molecule has 1 fully saturated rings. The Bertz CT molecular complexity index is 896. The molecule has 0 aliphatic carbocycles.